The summed E-state index contributed by atoms with van der Waals surface area (Å²) in [5, 5.41) is 11.9. The molecule has 6 rings (SSSR count). The van der Waals surface area contributed by atoms with E-state index in [1.54, 1.807) is 0 Å². The predicted octanol–water partition coefficient (Wildman–Crippen LogP) is 8.00. The Morgan fingerprint density at radius 2 is 1.47 bits per heavy atom. The van der Waals surface area contributed by atoms with Gasteiger partial charge in [0.25, 0.3) is 0 Å². The first kappa shape index (κ1) is 24.6. The van der Waals surface area contributed by atoms with E-state index in [4.69, 9.17) is 0 Å². The zero-order valence-corrected chi connectivity index (χ0v) is 24.4. The summed E-state index contributed by atoms with van der Waals surface area (Å²) in [6.45, 7) is 9.54. The summed E-state index contributed by atoms with van der Waals surface area (Å²) < 4.78 is 0. The highest BCUT2D eigenvalue weighted by molar-refractivity contribution is 6.98. The van der Waals surface area contributed by atoms with E-state index in [-0.39, 0.29) is 0 Å². The van der Waals surface area contributed by atoms with E-state index in [1.807, 2.05) is 14.1 Å². The van der Waals surface area contributed by atoms with Crippen LogP contribution in [-0.4, -0.2) is 27.9 Å². The van der Waals surface area contributed by atoms with Gasteiger partial charge in [-0.3, -0.25) is 4.99 Å². The van der Waals surface area contributed by atoms with Gasteiger partial charge >= 0.3 is 0 Å². The number of hydrogen-bond acceptors (Lipinski definition) is 2. The number of allylic oxidation sites excluding steroid dienone is 5. The molecule has 1 aliphatic carbocycles. The lowest BCUT2D eigenvalue weighted by molar-refractivity contribution is 1.15. The van der Waals surface area contributed by atoms with E-state index in [2.05, 4.69) is 116 Å². The molecule has 2 nitrogen and oxygen atoms in total. The molecular formula is C35H36N2Si. The van der Waals surface area contributed by atoms with E-state index >= 15 is 0 Å². The number of hydrogen-bond donors (Lipinski definition) is 1. The Morgan fingerprint density at radius 1 is 0.789 bits per heavy atom. The number of fused-ring (bicyclic) bond motifs is 4. The molecule has 1 aliphatic heterocycles. The van der Waals surface area contributed by atoms with Crippen LogP contribution < -0.4 is 10.5 Å². The number of aryl methyl sites for hydroxylation is 2. The topological polar surface area (TPSA) is 24.4 Å². The Kier molecular flexibility index (Phi) is 6.00. The predicted molar refractivity (Wildman–Crippen MR) is 170 cm³/mol. The molecule has 3 heteroatoms. The molecule has 38 heavy (non-hydrogen) atoms. The van der Waals surface area contributed by atoms with Crippen molar-refractivity contribution in [1.82, 2.24) is 0 Å². The van der Waals surface area contributed by atoms with Crippen molar-refractivity contribution in [3.8, 4) is 0 Å². The SMILES string of the molecule is CCc1c2ccccc2c(CC)c2cc(C3=C4C=CC(=NC)C=C4[Si](C)(C)c4cc(NC)ccc43)ccc12. The largest absolute Gasteiger partial charge is 0.388 e. The van der Waals surface area contributed by atoms with E-state index in [1.165, 1.54) is 71.0 Å². The maximum atomic E-state index is 4.54. The third kappa shape index (κ3) is 3.56. The molecule has 190 valence electrons. The van der Waals surface area contributed by atoms with E-state index in [0.717, 1.165) is 18.6 Å². The van der Waals surface area contributed by atoms with Gasteiger partial charge < -0.3 is 5.32 Å². The quantitative estimate of drug-likeness (QED) is 0.217. The van der Waals surface area contributed by atoms with Crippen molar-refractivity contribution >= 4 is 51.8 Å². The molecule has 2 aliphatic rings. The summed E-state index contributed by atoms with van der Waals surface area (Å²) in [5.74, 6) is 0. The van der Waals surface area contributed by atoms with Gasteiger partial charge in [-0.05, 0) is 109 Å². The Balaban J connectivity index is 1.71. The van der Waals surface area contributed by atoms with Gasteiger partial charge in [-0.15, -0.1) is 0 Å². The van der Waals surface area contributed by atoms with Gasteiger partial charge in [0.15, 0.2) is 0 Å². The molecule has 0 spiro atoms. The molecule has 0 amide bonds. The summed E-state index contributed by atoms with van der Waals surface area (Å²) in [5.41, 5.74) is 10.5. The van der Waals surface area contributed by atoms with Crippen LogP contribution in [0.2, 0.25) is 13.1 Å². The van der Waals surface area contributed by atoms with Crippen molar-refractivity contribution in [2.45, 2.75) is 39.8 Å². The number of benzene rings is 4. The first-order chi connectivity index (χ1) is 18.4. The Morgan fingerprint density at radius 3 is 2.13 bits per heavy atom. The average Bonchev–Trinajstić information content (AvgIpc) is 2.95. The molecule has 4 aromatic carbocycles. The Labute approximate surface area is 227 Å². The van der Waals surface area contributed by atoms with Crippen LogP contribution in [-0.2, 0) is 12.8 Å². The van der Waals surface area contributed by atoms with Gasteiger partial charge in [0, 0.05) is 19.8 Å². The third-order valence-corrected chi connectivity index (χ3v) is 12.2. The number of aliphatic imine (C=N–C) groups is 1. The highest BCUT2D eigenvalue weighted by Gasteiger charge is 2.39. The normalized spacial score (nSPS) is 17.1. The second-order valence-electron chi connectivity index (χ2n) is 10.9. The number of anilines is 1. The Bertz CT molecular complexity index is 1750. The molecular weight excluding hydrogens is 476 g/mol. The van der Waals surface area contributed by atoms with Crippen LogP contribution in [0.1, 0.15) is 36.1 Å². The van der Waals surface area contributed by atoms with Crippen LogP contribution in [0.5, 0.6) is 0 Å². The zero-order valence-electron chi connectivity index (χ0n) is 23.4. The van der Waals surface area contributed by atoms with E-state index in [9.17, 15) is 0 Å². The second-order valence-corrected chi connectivity index (χ2v) is 15.3. The molecule has 4 aromatic rings. The summed E-state index contributed by atoms with van der Waals surface area (Å²) in [6, 6.07) is 23.1. The molecule has 0 saturated heterocycles. The highest BCUT2D eigenvalue weighted by atomic mass is 28.3. The van der Waals surface area contributed by atoms with Crippen LogP contribution in [0, 0.1) is 0 Å². The second kappa shape index (κ2) is 9.25. The molecule has 1 heterocycles. The monoisotopic (exact) mass is 512 g/mol. The lowest BCUT2D eigenvalue weighted by atomic mass is 9.85. The lowest BCUT2D eigenvalue weighted by Gasteiger charge is -2.38. The zero-order chi connectivity index (χ0) is 26.6. The number of nitrogens with zero attached hydrogens (tertiary/aromatic N) is 1. The minimum Gasteiger partial charge on any atom is -0.388 e. The molecule has 1 N–H and O–H groups in total. The van der Waals surface area contributed by atoms with Gasteiger partial charge in [-0.2, -0.15) is 0 Å². The molecule has 0 bridgehead atoms. The fraction of sp³-hybridized carbons (Fsp3) is 0.229. The van der Waals surface area contributed by atoms with Crippen molar-refractivity contribution in [1.29, 1.82) is 0 Å². The van der Waals surface area contributed by atoms with E-state index < -0.39 is 8.07 Å². The van der Waals surface area contributed by atoms with Crippen molar-refractivity contribution in [3.63, 3.8) is 0 Å². The summed E-state index contributed by atoms with van der Waals surface area (Å²) in [6.07, 6.45) is 8.88. The maximum absolute atomic E-state index is 4.54. The van der Waals surface area contributed by atoms with Crippen molar-refractivity contribution in [2.75, 3.05) is 19.4 Å². The van der Waals surface area contributed by atoms with Crippen LogP contribution in [0.3, 0.4) is 0 Å². The first-order valence-electron chi connectivity index (χ1n) is 13.8. The fourth-order valence-corrected chi connectivity index (χ4v) is 9.80. The molecule has 0 saturated carbocycles. The van der Waals surface area contributed by atoms with Gasteiger partial charge in [0.05, 0.1) is 5.71 Å². The summed E-state index contributed by atoms with van der Waals surface area (Å²) in [4.78, 5) is 4.54. The smallest absolute Gasteiger partial charge is 0.114 e. The molecule has 0 aromatic heterocycles. The van der Waals surface area contributed by atoms with E-state index in [0.29, 0.717) is 0 Å². The molecule has 0 unspecified atom stereocenters. The standard InChI is InChI=1S/C35H36N2Si/c1-7-25-27-11-9-10-12-28(27)26(8-2)32-19-22(13-16-29(25)32)35-30-17-14-23(36-3)20-33(30)38(5,6)34-21-24(37-4)15-18-31(34)35/h9-21,36H,7-8H2,1-6H3. The van der Waals surface area contributed by atoms with Crippen LogP contribution in [0.25, 0.3) is 27.1 Å². The Hall–Kier alpha value is -3.69. The number of nitrogens with one attached hydrogen (secondary N) is 1. The highest BCUT2D eigenvalue weighted by Crippen LogP contribution is 2.43. The fourth-order valence-electron chi connectivity index (χ4n) is 6.72. The summed E-state index contributed by atoms with van der Waals surface area (Å²) >= 11 is 0. The summed E-state index contributed by atoms with van der Waals surface area (Å²) in [7, 11) is 1.96. The lowest BCUT2D eigenvalue weighted by Crippen LogP contribution is -2.49. The van der Waals surface area contributed by atoms with Crippen LogP contribution in [0.15, 0.2) is 94.7 Å². The minimum atomic E-state index is -1.95. The van der Waals surface area contributed by atoms with Gasteiger partial charge in [0.2, 0.25) is 0 Å². The molecule has 0 fully saturated rings. The molecule has 0 radical (unpaired) electrons. The maximum Gasteiger partial charge on any atom is 0.114 e. The number of rotatable bonds is 4. The average molecular weight is 513 g/mol. The minimum absolute atomic E-state index is 1.01. The van der Waals surface area contributed by atoms with Gasteiger partial charge in [-0.25, -0.2) is 0 Å². The third-order valence-electron chi connectivity index (χ3n) is 8.70. The van der Waals surface area contributed by atoms with Gasteiger partial charge in [-0.1, -0.05) is 75.5 Å². The van der Waals surface area contributed by atoms with Crippen LogP contribution >= 0.6 is 0 Å². The van der Waals surface area contributed by atoms with Crippen molar-refractivity contribution < 1.29 is 0 Å². The first-order valence-corrected chi connectivity index (χ1v) is 16.8. The van der Waals surface area contributed by atoms with Crippen LogP contribution in [0.4, 0.5) is 5.69 Å². The van der Waals surface area contributed by atoms with Crippen molar-refractivity contribution in [2.24, 2.45) is 4.99 Å². The van der Waals surface area contributed by atoms with Gasteiger partial charge in [0.1, 0.15) is 8.07 Å². The van der Waals surface area contributed by atoms with Crippen molar-refractivity contribution in [3.05, 3.63) is 112 Å². The molecule has 0 atom stereocenters.